The van der Waals surface area contributed by atoms with E-state index in [0.29, 0.717) is 17.1 Å². The van der Waals surface area contributed by atoms with E-state index in [2.05, 4.69) is 10.2 Å². The van der Waals surface area contributed by atoms with Crippen molar-refractivity contribution in [3.8, 4) is 6.07 Å². The summed E-state index contributed by atoms with van der Waals surface area (Å²) in [6.45, 7) is 4.79. The van der Waals surface area contributed by atoms with E-state index in [4.69, 9.17) is 4.74 Å². The molecule has 9 nitrogen and oxygen atoms in total. The Morgan fingerprint density at radius 3 is 2.12 bits per heavy atom. The van der Waals surface area contributed by atoms with Crippen LogP contribution in [0.3, 0.4) is 0 Å². The molecule has 2 aromatic carbocycles. The van der Waals surface area contributed by atoms with E-state index in [1.165, 1.54) is 5.01 Å². The van der Waals surface area contributed by atoms with Crippen molar-refractivity contribution in [3.63, 3.8) is 0 Å². The highest BCUT2D eigenvalue weighted by atomic mass is 16.5. The summed E-state index contributed by atoms with van der Waals surface area (Å²) >= 11 is 0. The Morgan fingerprint density at radius 1 is 1.03 bits per heavy atom. The van der Waals surface area contributed by atoms with Gasteiger partial charge in [-0.25, -0.2) is 5.01 Å². The third-order valence-corrected chi connectivity index (χ3v) is 6.09. The standard InChI is InChI=1S/C25H23N5O4/c1-4-34-23(32)20(15-26)25(17(3)28-30(24(25)33)19-13-9-6-10-14-19)21-16(2)27-29(22(21)31)18-11-7-5-8-12-18/h5-14,20-21H,4H2,1-3H3. The van der Waals surface area contributed by atoms with Gasteiger partial charge in [-0.1, -0.05) is 36.4 Å². The quantitative estimate of drug-likeness (QED) is 0.618. The van der Waals surface area contributed by atoms with Crippen molar-refractivity contribution in [1.29, 1.82) is 5.26 Å². The predicted molar refractivity (Wildman–Crippen MR) is 126 cm³/mol. The first kappa shape index (κ1) is 22.9. The largest absolute Gasteiger partial charge is 0.465 e. The Balaban J connectivity index is 1.89. The highest BCUT2D eigenvalue weighted by Crippen LogP contribution is 2.48. The molecule has 0 radical (unpaired) electrons. The molecule has 2 amide bonds. The summed E-state index contributed by atoms with van der Waals surface area (Å²) in [5.41, 5.74) is -0.478. The van der Waals surface area contributed by atoms with Crippen molar-refractivity contribution in [1.82, 2.24) is 0 Å². The summed E-state index contributed by atoms with van der Waals surface area (Å²) in [6, 6.07) is 19.3. The number of nitrogens with zero attached hydrogens (tertiary/aromatic N) is 5. The van der Waals surface area contributed by atoms with Gasteiger partial charge in [0.2, 0.25) is 0 Å². The Bertz CT molecular complexity index is 1230. The first-order chi connectivity index (χ1) is 16.4. The van der Waals surface area contributed by atoms with Crippen LogP contribution in [0.2, 0.25) is 0 Å². The fourth-order valence-electron chi connectivity index (χ4n) is 4.59. The molecule has 4 rings (SSSR count). The molecule has 0 aromatic heterocycles. The van der Waals surface area contributed by atoms with E-state index in [0.717, 1.165) is 5.01 Å². The van der Waals surface area contributed by atoms with E-state index < -0.39 is 35.0 Å². The van der Waals surface area contributed by atoms with Crippen LogP contribution >= 0.6 is 0 Å². The number of carbonyl (C=O) groups is 3. The summed E-state index contributed by atoms with van der Waals surface area (Å²) in [7, 11) is 0. The number of benzene rings is 2. The van der Waals surface area contributed by atoms with Crippen LogP contribution in [-0.2, 0) is 19.1 Å². The van der Waals surface area contributed by atoms with Gasteiger partial charge in [-0.05, 0) is 45.0 Å². The van der Waals surface area contributed by atoms with E-state index in [-0.39, 0.29) is 12.3 Å². The second kappa shape index (κ2) is 8.90. The summed E-state index contributed by atoms with van der Waals surface area (Å²) in [5.74, 6) is -4.88. The van der Waals surface area contributed by atoms with Crippen LogP contribution in [0.1, 0.15) is 20.8 Å². The van der Waals surface area contributed by atoms with Crippen LogP contribution in [0.25, 0.3) is 0 Å². The van der Waals surface area contributed by atoms with E-state index in [1.807, 2.05) is 6.07 Å². The zero-order valence-electron chi connectivity index (χ0n) is 19.0. The first-order valence-electron chi connectivity index (χ1n) is 10.8. The van der Waals surface area contributed by atoms with Gasteiger partial charge < -0.3 is 4.74 Å². The maximum Gasteiger partial charge on any atom is 0.324 e. The highest BCUT2D eigenvalue weighted by Gasteiger charge is 2.67. The summed E-state index contributed by atoms with van der Waals surface area (Å²) in [5, 5.41) is 21.3. The van der Waals surface area contributed by atoms with Crippen LogP contribution in [0.5, 0.6) is 0 Å². The molecule has 0 saturated heterocycles. The number of amides is 2. The number of carbonyl (C=O) groups excluding carboxylic acids is 3. The lowest BCUT2D eigenvalue weighted by molar-refractivity contribution is -0.152. The molecule has 2 aliphatic rings. The smallest absolute Gasteiger partial charge is 0.324 e. The molecular weight excluding hydrogens is 434 g/mol. The lowest BCUT2D eigenvalue weighted by Crippen LogP contribution is -2.57. The van der Waals surface area contributed by atoms with Crippen molar-refractivity contribution in [3.05, 3.63) is 60.7 Å². The first-order valence-corrected chi connectivity index (χ1v) is 10.8. The van der Waals surface area contributed by atoms with Crippen molar-refractivity contribution >= 4 is 40.6 Å². The second-order valence-corrected chi connectivity index (χ2v) is 7.98. The Hall–Kier alpha value is -4.32. The van der Waals surface area contributed by atoms with Gasteiger partial charge in [0.15, 0.2) is 5.92 Å². The molecular formula is C25H23N5O4. The summed E-state index contributed by atoms with van der Waals surface area (Å²) < 4.78 is 5.16. The molecule has 172 valence electrons. The molecule has 0 bridgehead atoms. The van der Waals surface area contributed by atoms with Gasteiger partial charge in [-0.2, -0.15) is 20.5 Å². The van der Waals surface area contributed by atoms with Gasteiger partial charge in [-0.15, -0.1) is 0 Å². The van der Waals surface area contributed by atoms with Crippen LogP contribution < -0.4 is 10.0 Å². The van der Waals surface area contributed by atoms with Gasteiger partial charge in [0.25, 0.3) is 11.8 Å². The molecule has 3 unspecified atom stereocenters. The average Bonchev–Trinajstić information content (AvgIpc) is 3.28. The average molecular weight is 457 g/mol. The van der Waals surface area contributed by atoms with E-state index >= 15 is 0 Å². The van der Waals surface area contributed by atoms with Gasteiger partial charge in [0.1, 0.15) is 11.3 Å². The van der Waals surface area contributed by atoms with Gasteiger partial charge >= 0.3 is 5.97 Å². The van der Waals surface area contributed by atoms with Gasteiger partial charge in [0, 0.05) is 5.71 Å². The fraction of sp³-hybridized carbons (Fsp3) is 0.280. The van der Waals surface area contributed by atoms with Crippen LogP contribution in [-0.4, -0.2) is 35.8 Å². The number of para-hydroxylation sites is 2. The molecule has 2 heterocycles. The normalized spacial score (nSPS) is 22.8. The maximum atomic E-state index is 14.1. The highest BCUT2D eigenvalue weighted by molar-refractivity contribution is 6.29. The van der Waals surface area contributed by atoms with Crippen LogP contribution in [0, 0.1) is 28.6 Å². The molecule has 0 saturated carbocycles. The molecule has 0 fully saturated rings. The molecule has 0 spiro atoms. The van der Waals surface area contributed by atoms with Gasteiger partial charge in [0.05, 0.1) is 29.8 Å². The van der Waals surface area contributed by atoms with Crippen LogP contribution in [0.15, 0.2) is 70.9 Å². The third kappa shape index (κ3) is 3.35. The summed E-state index contributed by atoms with van der Waals surface area (Å²) in [4.78, 5) is 40.9. The monoisotopic (exact) mass is 457 g/mol. The fourth-order valence-corrected chi connectivity index (χ4v) is 4.59. The Morgan fingerprint density at radius 2 is 1.59 bits per heavy atom. The number of rotatable bonds is 6. The molecule has 3 atom stereocenters. The Kier molecular flexibility index (Phi) is 5.99. The SMILES string of the molecule is CCOC(=O)C(C#N)C1(C2C(=O)N(c3ccccc3)N=C2C)C(=O)N(c2ccccc2)N=C1C. The second-order valence-electron chi connectivity index (χ2n) is 7.98. The minimum Gasteiger partial charge on any atom is -0.465 e. The Labute approximate surface area is 196 Å². The number of ether oxygens (including phenoxy) is 1. The number of esters is 1. The molecule has 34 heavy (non-hydrogen) atoms. The lowest BCUT2D eigenvalue weighted by Gasteiger charge is -2.35. The van der Waals surface area contributed by atoms with Crippen LogP contribution in [0.4, 0.5) is 11.4 Å². The molecule has 9 heteroatoms. The molecule has 0 N–H and O–H groups in total. The number of hydrazone groups is 2. The zero-order chi connectivity index (χ0) is 24.5. The van der Waals surface area contributed by atoms with Crippen molar-refractivity contribution < 1.29 is 19.1 Å². The van der Waals surface area contributed by atoms with E-state index in [1.54, 1.807) is 81.4 Å². The van der Waals surface area contributed by atoms with E-state index in [9.17, 15) is 19.6 Å². The van der Waals surface area contributed by atoms with Crippen molar-refractivity contribution in [2.75, 3.05) is 16.6 Å². The number of anilines is 2. The third-order valence-electron chi connectivity index (χ3n) is 6.09. The minimum absolute atomic E-state index is 0.0156. The number of hydrogen-bond acceptors (Lipinski definition) is 7. The zero-order valence-corrected chi connectivity index (χ0v) is 19.0. The molecule has 2 aliphatic heterocycles. The van der Waals surface area contributed by atoms with Crippen molar-refractivity contribution in [2.24, 2.45) is 27.5 Å². The van der Waals surface area contributed by atoms with Crippen molar-refractivity contribution in [2.45, 2.75) is 20.8 Å². The maximum absolute atomic E-state index is 14.1. The minimum atomic E-state index is -1.91. The predicted octanol–water partition coefficient (Wildman–Crippen LogP) is 3.14. The van der Waals surface area contributed by atoms with Gasteiger partial charge in [-0.3, -0.25) is 14.4 Å². The topological polar surface area (TPSA) is 115 Å². The number of hydrogen-bond donors (Lipinski definition) is 0. The molecule has 0 aliphatic carbocycles. The molecule has 2 aromatic rings. The number of nitriles is 1. The lowest BCUT2D eigenvalue weighted by atomic mass is 9.62. The summed E-state index contributed by atoms with van der Waals surface area (Å²) in [6.07, 6.45) is 0.